The van der Waals surface area contributed by atoms with Crippen LogP contribution in [0.15, 0.2) is 30.5 Å². The number of amides is 1. The van der Waals surface area contributed by atoms with Gasteiger partial charge in [-0.3, -0.25) is 4.79 Å². The van der Waals surface area contributed by atoms with Gasteiger partial charge in [-0.25, -0.2) is 4.98 Å². The second-order valence-corrected chi connectivity index (χ2v) is 5.01. The number of para-hydroxylation sites is 1. The molecule has 1 aromatic carbocycles. The first-order valence-corrected chi connectivity index (χ1v) is 6.50. The normalized spacial score (nSPS) is 10.3. The Morgan fingerprint density at radius 2 is 1.84 bits per heavy atom. The van der Waals surface area contributed by atoms with Crippen molar-refractivity contribution in [2.45, 2.75) is 6.92 Å². The summed E-state index contributed by atoms with van der Waals surface area (Å²) in [6.07, 6.45) is 1.29. The van der Waals surface area contributed by atoms with Crippen molar-refractivity contribution in [3.05, 3.63) is 56.8 Å². The first-order chi connectivity index (χ1) is 9.00. The number of nitrogens with zero attached hydrogens (tertiary/aromatic N) is 1. The van der Waals surface area contributed by atoms with Gasteiger partial charge in [0.05, 0.1) is 15.1 Å². The molecule has 0 aliphatic rings. The summed E-state index contributed by atoms with van der Waals surface area (Å²) < 4.78 is 0. The summed E-state index contributed by atoms with van der Waals surface area (Å²) in [5.74, 6) is -0.433. The van der Waals surface area contributed by atoms with E-state index in [9.17, 15) is 4.79 Å². The van der Waals surface area contributed by atoms with Crippen molar-refractivity contribution in [1.82, 2.24) is 4.98 Å². The van der Waals surface area contributed by atoms with Crippen LogP contribution in [0.4, 0.5) is 5.69 Å². The maximum absolute atomic E-state index is 12.1. The molecule has 0 bridgehead atoms. The predicted molar refractivity (Wildman–Crippen MR) is 78.4 cm³/mol. The Labute approximate surface area is 125 Å². The zero-order valence-electron chi connectivity index (χ0n) is 9.88. The first kappa shape index (κ1) is 14.1. The molecule has 1 amide bonds. The third-order valence-corrected chi connectivity index (χ3v) is 3.77. The van der Waals surface area contributed by atoms with Gasteiger partial charge in [-0.15, -0.1) is 0 Å². The standard InChI is InChI=1S/C13H9Cl3N2O/c1-7-4-2-3-5-9(7)18-13(19)12-11(16)10(15)8(14)6-17-12/h2-6H,1H3,(H,18,19). The Bertz CT molecular complexity index is 644. The van der Waals surface area contributed by atoms with E-state index in [1.54, 1.807) is 6.07 Å². The molecule has 0 spiro atoms. The maximum Gasteiger partial charge on any atom is 0.275 e. The van der Waals surface area contributed by atoms with E-state index in [1.165, 1.54) is 6.20 Å². The quantitative estimate of drug-likeness (QED) is 0.880. The number of carbonyl (C=O) groups excluding carboxylic acids is 1. The van der Waals surface area contributed by atoms with Gasteiger partial charge in [0, 0.05) is 11.9 Å². The molecule has 1 N–H and O–H groups in total. The Hall–Kier alpha value is -1.29. The molecule has 0 unspecified atom stereocenters. The average Bonchev–Trinajstić information content (AvgIpc) is 2.39. The Balaban J connectivity index is 2.31. The molecular weight excluding hydrogens is 307 g/mol. The lowest BCUT2D eigenvalue weighted by atomic mass is 10.2. The fourth-order valence-corrected chi connectivity index (χ4v) is 2.06. The topological polar surface area (TPSA) is 42.0 Å². The highest BCUT2D eigenvalue weighted by molar-refractivity contribution is 6.49. The van der Waals surface area contributed by atoms with E-state index in [4.69, 9.17) is 34.8 Å². The molecule has 2 rings (SSSR count). The minimum absolute atomic E-state index is 0.0410. The number of nitrogens with one attached hydrogen (secondary N) is 1. The highest BCUT2D eigenvalue weighted by Gasteiger charge is 2.17. The summed E-state index contributed by atoms with van der Waals surface area (Å²) in [7, 11) is 0. The largest absolute Gasteiger partial charge is 0.320 e. The summed E-state index contributed by atoms with van der Waals surface area (Å²) in [6.45, 7) is 1.89. The molecule has 19 heavy (non-hydrogen) atoms. The number of aromatic nitrogens is 1. The zero-order chi connectivity index (χ0) is 14.0. The average molecular weight is 316 g/mol. The number of carbonyl (C=O) groups is 1. The van der Waals surface area contributed by atoms with Crippen molar-refractivity contribution in [1.29, 1.82) is 0 Å². The molecule has 1 aromatic heterocycles. The third-order valence-electron chi connectivity index (χ3n) is 2.53. The van der Waals surface area contributed by atoms with Gasteiger partial charge in [-0.1, -0.05) is 53.0 Å². The maximum atomic E-state index is 12.1. The second kappa shape index (κ2) is 5.78. The highest BCUT2D eigenvalue weighted by Crippen LogP contribution is 2.31. The minimum Gasteiger partial charge on any atom is -0.320 e. The van der Waals surface area contributed by atoms with E-state index in [2.05, 4.69) is 10.3 Å². The third kappa shape index (κ3) is 3.00. The highest BCUT2D eigenvalue weighted by atomic mass is 35.5. The smallest absolute Gasteiger partial charge is 0.275 e. The van der Waals surface area contributed by atoms with Crippen LogP contribution in [0, 0.1) is 6.92 Å². The molecule has 98 valence electrons. The number of pyridine rings is 1. The van der Waals surface area contributed by atoms with E-state index in [-0.39, 0.29) is 20.8 Å². The van der Waals surface area contributed by atoms with Gasteiger partial charge in [0.1, 0.15) is 5.69 Å². The number of aryl methyl sites for hydroxylation is 1. The lowest BCUT2D eigenvalue weighted by molar-refractivity contribution is 0.102. The molecule has 0 fully saturated rings. The van der Waals surface area contributed by atoms with Crippen LogP contribution in [0.25, 0.3) is 0 Å². The Morgan fingerprint density at radius 3 is 2.53 bits per heavy atom. The number of benzene rings is 1. The number of rotatable bonds is 2. The van der Waals surface area contributed by atoms with E-state index in [0.29, 0.717) is 5.69 Å². The van der Waals surface area contributed by atoms with Gasteiger partial charge < -0.3 is 5.32 Å². The number of halogens is 3. The molecule has 3 nitrogen and oxygen atoms in total. The van der Waals surface area contributed by atoms with E-state index in [1.807, 2.05) is 25.1 Å². The van der Waals surface area contributed by atoms with Crippen molar-refractivity contribution >= 4 is 46.4 Å². The van der Waals surface area contributed by atoms with Crippen LogP contribution in [0.5, 0.6) is 0 Å². The minimum atomic E-state index is -0.433. The fourth-order valence-electron chi connectivity index (χ4n) is 1.50. The van der Waals surface area contributed by atoms with Gasteiger partial charge in [0.25, 0.3) is 5.91 Å². The van der Waals surface area contributed by atoms with Crippen LogP contribution < -0.4 is 5.32 Å². The van der Waals surface area contributed by atoms with Crippen LogP contribution in [0.2, 0.25) is 15.1 Å². The molecule has 0 radical (unpaired) electrons. The predicted octanol–water partition coefficient (Wildman–Crippen LogP) is 4.60. The van der Waals surface area contributed by atoms with Gasteiger partial charge in [-0.05, 0) is 18.6 Å². The molecule has 0 atom stereocenters. The van der Waals surface area contributed by atoms with Crippen LogP contribution in [0.1, 0.15) is 16.1 Å². The van der Waals surface area contributed by atoms with E-state index < -0.39 is 5.91 Å². The van der Waals surface area contributed by atoms with Crippen LogP contribution in [-0.2, 0) is 0 Å². The molecule has 1 heterocycles. The van der Waals surface area contributed by atoms with Crippen molar-refractivity contribution in [3.8, 4) is 0 Å². The first-order valence-electron chi connectivity index (χ1n) is 5.37. The Morgan fingerprint density at radius 1 is 1.16 bits per heavy atom. The number of hydrogen-bond donors (Lipinski definition) is 1. The van der Waals surface area contributed by atoms with Crippen LogP contribution in [-0.4, -0.2) is 10.9 Å². The van der Waals surface area contributed by atoms with Gasteiger partial charge >= 0.3 is 0 Å². The lowest BCUT2D eigenvalue weighted by Gasteiger charge is -2.09. The van der Waals surface area contributed by atoms with Crippen molar-refractivity contribution < 1.29 is 4.79 Å². The van der Waals surface area contributed by atoms with E-state index >= 15 is 0 Å². The summed E-state index contributed by atoms with van der Waals surface area (Å²) in [5.41, 5.74) is 1.67. The Kier molecular flexibility index (Phi) is 4.30. The summed E-state index contributed by atoms with van der Waals surface area (Å²) in [6, 6.07) is 7.39. The van der Waals surface area contributed by atoms with Gasteiger partial charge in [0.2, 0.25) is 0 Å². The monoisotopic (exact) mass is 314 g/mol. The van der Waals surface area contributed by atoms with Crippen LogP contribution >= 0.6 is 34.8 Å². The summed E-state index contributed by atoms with van der Waals surface area (Å²) in [4.78, 5) is 16.0. The van der Waals surface area contributed by atoms with Crippen molar-refractivity contribution in [2.75, 3.05) is 5.32 Å². The molecule has 0 aliphatic carbocycles. The van der Waals surface area contributed by atoms with Crippen molar-refractivity contribution in [3.63, 3.8) is 0 Å². The molecule has 6 heteroatoms. The molecular formula is C13H9Cl3N2O. The zero-order valence-corrected chi connectivity index (χ0v) is 12.1. The number of hydrogen-bond acceptors (Lipinski definition) is 2. The molecule has 0 saturated carbocycles. The summed E-state index contributed by atoms with van der Waals surface area (Å²) >= 11 is 17.6. The fraction of sp³-hybridized carbons (Fsp3) is 0.0769. The van der Waals surface area contributed by atoms with E-state index in [0.717, 1.165) is 5.56 Å². The molecule has 2 aromatic rings. The lowest BCUT2D eigenvalue weighted by Crippen LogP contribution is -2.15. The van der Waals surface area contributed by atoms with Gasteiger partial charge in [0.15, 0.2) is 0 Å². The molecule has 0 aliphatic heterocycles. The van der Waals surface area contributed by atoms with Gasteiger partial charge in [-0.2, -0.15) is 0 Å². The molecule has 0 saturated heterocycles. The second-order valence-electron chi connectivity index (χ2n) is 3.85. The van der Waals surface area contributed by atoms with Crippen molar-refractivity contribution in [2.24, 2.45) is 0 Å². The number of anilines is 1. The summed E-state index contributed by atoms with van der Waals surface area (Å²) in [5, 5.41) is 3.09. The van der Waals surface area contributed by atoms with Crippen LogP contribution in [0.3, 0.4) is 0 Å². The SMILES string of the molecule is Cc1ccccc1NC(=O)c1ncc(Cl)c(Cl)c1Cl.